The number of halogens is 1. The van der Waals surface area contributed by atoms with Gasteiger partial charge in [-0.15, -0.1) is 0 Å². The van der Waals surface area contributed by atoms with Gasteiger partial charge in [0.05, 0.1) is 0 Å². The molecule has 0 radical (unpaired) electrons. The minimum absolute atomic E-state index is 0.116. The van der Waals surface area contributed by atoms with Crippen LogP contribution in [-0.2, 0) is 16.1 Å². The first kappa shape index (κ1) is 20.4. The molecule has 2 amide bonds. The van der Waals surface area contributed by atoms with Crippen LogP contribution in [0.25, 0.3) is 0 Å². The molecule has 0 fully saturated rings. The van der Waals surface area contributed by atoms with Crippen LogP contribution in [-0.4, -0.2) is 18.0 Å². The molecule has 0 spiro atoms. The lowest BCUT2D eigenvalue weighted by Crippen LogP contribution is -2.47. The molecule has 0 saturated heterocycles. The molecule has 27 heavy (non-hydrogen) atoms. The van der Waals surface area contributed by atoms with E-state index in [0.29, 0.717) is 12.1 Å². The largest absolute Gasteiger partial charge is 0.445 e. The summed E-state index contributed by atoms with van der Waals surface area (Å²) in [5.74, 6) is -0.968. The average molecular weight is 372 g/mol. The third kappa shape index (κ3) is 6.09. The van der Waals surface area contributed by atoms with E-state index in [1.54, 1.807) is 13.0 Å². The second kappa shape index (κ2) is 9.71. The number of carbonyl (C=O) groups excluding carboxylic acids is 2. The van der Waals surface area contributed by atoms with Gasteiger partial charge >= 0.3 is 6.09 Å². The minimum Gasteiger partial charge on any atom is -0.445 e. The van der Waals surface area contributed by atoms with Crippen LogP contribution in [0.15, 0.2) is 48.5 Å². The molecule has 2 rings (SSSR count). The number of hydrogen-bond donors (Lipinski definition) is 2. The Hall–Kier alpha value is -2.89. The van der Waals surface area contributed by atoms with Crippen molar-refractivity contribution in [2.24, 2.45) is 5.92 Å². The van der Waals surface area contributed by atoms with Crippen LogP contribution in [0.4, 0.5) is 14.9 Å². The molecule has 0 aliphatic heterocycles. The summed E-state index contributed by atoms with van der Waals surface area (Å²) >= 11 is 0. The van der Waals surface area contributed by atoms with E-state index in [-0.39, 0.29) is 12.5 Å². The van der Waals surface area contributed by atoms with E-state index in [0.717, 1.165) is 11.1 Å². The second-order valence-corrected chi connectivity index (χ2v) is 6.52. The number of rotatable bonds is 7. The molecule has 2 aromatic rings. The summed E-state index contributed by atoms with van der Waals surface area (Å²) in [5.41, 5.74) is 1.97. The van der Waals surface area contributed by atoms with E-state index in [1.807, 2.05) is 44.2 Å². The van der Waals surface area contributed by atoms with E-state index >= 15 is 0 Å². The van der Waals surface area contributed by atoms with Gasteiger partial charge in [0.1, 0.15) is 18.5 Å². The highest BCUT2D eigenvalue weighted by molar-refractivity contribution is 5.97. The lowest BCUT2D eigenvalue weighted by Gasteiger charge is -2.23. The van der Waals surface area contributed by atoms with Gasteiger partial charge in [0.2, 0.25) is 5.91 Å². The lowest BCUT2D eigenvalue weighted by molar-refractivity contribution is -0.119. The van der Waals surface area contributed by atoms with Crippen molar-refractivity contribution in [2.45, 2.75) is 39.8 Å². The van der Waals surface area contributed by atoms with E-state index in [9.17, 15) is 14.0 Å². The van der Waals surface area contributed by atoms with E-state index in [2.05, 4.69) is 10.6 Å². The van der Waals surface area contributed by atoms with Crippen LogP contribution in [0.2, 0.25) is 0 Å². The molecule has 0 heterocycles. The predicted octanol–water partition coefficient (Wildman–Crippen LogP) is 4.41. The molecule has 2 atom stereocenters. The molecule has 0 aliphatic rings. The van der Waals surface area contributed by atoms with Crippen LogP contribution in [0.1, 0.15) is 31.4 Å². The molecule has 2 aromatic carbocycles. The summed E-state index contributed by atoms with van der Waals surface area (Å²) in [6, 6.07) is 12.7. The van der Waals surface area contributed by atoms with Gasteiger partial charge in [-0.2, -0.15) is 0 Å². The maximum atomic E-state index is 13.5. The van der Waals surface area contributed by atoms with Crippen LogP contribution in [0, 0.1) is 18.7 Å². The molecular formula is C21H25FN2O3. The Morgan fingerprint density at radius 3 is 2.52 bits per heavy atom. The van der Waals surface area contributed by atoms with Gasteiger partial charge in [0.15, 0.2) is 0 Å². The zero-order valence-corrected chi connectivity index (χ0v) is 15.8. The summed E-state index contributed by atoms with van der Waals surface area (Å²) in [7, 11) is 0. The van der Waals surface area contributed by atoms with Gasteiger partial charge in [0, 0.05) is 5.69 Å². The molecule has 144 valence electrons. The quantitative estimate of drug-likeness (QED) is 0.756. The highest BCUT2D eigenvalue weighted by Gasteiger charge is 2.27. The number of hydrogen-bond acceptors (Lipinski definition) is 3. The number of alkyl carbamates (subject to hydrolysis) is 1. The fourth-order valence-electron chi connectivity index (χ4n) is 2.53. The second-order valence-electron chi connectivity index (χ2n) is 6.52. The van der Waals surface area contributed by atoms with Crippen LogP contribution in [0.5, 0.6) is 0 Å². The normalized spacial score (nSPS) is 12.7. The number of benzene rings is 2. The van der Waals surface area contributed by atoms with Crippen molar-refractivity contribution in [2.75, 3.05) is 5.32 Å². The molecule has 0 aliphatic carbocycles. The van der Waals surface area contributed by atoms with E-state index < -0.39 is 23.9 Å². The highest BCUT2D eigenvalue weighted by Crippen LogP contribution is 2.18. The highest BCUT2D eigenvalue weighted by atomic mass is 19.1. The van der Waals surface area contributed by atoms with Crippen molar-refractivity contribution in [1.82, 2.24) is 5.32 Å². The lowest BCUT2D eigenvalue weighted by atomic mass is 9.98. The fraction of sp³-hybridized carbons (Fsp3) is 0.333. The van der Waals surface area contributed by atoms with Gasteiger partial charge in [-0.1, -0.05) is 56.7 Å². The number of aryl methyl sites for hydroxylation is 1. The zero-order chi connectivity index (χ0) is 19.8. The van der Waals surface area contributed by atoms with E-state index in [4.69, 9.17) is 4.74 Å². The van der Waals surface area contributed by atoms with Crippen LogP contribution < -0.4 is 10.6 Å². The van der Waals surface area contributed by atoms with Crippen molar-refractivity contribution < 1.29 is 18.7 Å². The first-order chi connectivity index (χ1) is 12.9. The standard InChI is InChI=1S/C21H25FN2O3/c1-4-14(2)19(20(25)23-18-12-17(22)11-10-15(18)3)24-21(26)27-13-16-8-6-5-7-9-16/h5-12,14,19H,4,13H2,1-3H3,(H,23,25)(H,24,26)/t14-,19-/m0/s1. The summed E-state index contributed by atoms with van der Waals surface area (Å²) in [4.78, 5) is 24.8. The number of nitrogens with one attached hydrogen (secondary N) is 2. The van der Waals surface area contributed by atoms with Gasteiger partial charge in [0.25, 0.3) is 0 Å². The van der Waals surface area contributed by atoms with Crippen LogP contribution >= 0.6 is 0 Å². The number of carbonyl (C=O) groups is 2. The maximum Gasteiger partial charge on any atom is 0.408 e. The van der Waals surface area contributed by atoms with Crippen molar-refractivity contribution in [3.63, 3.8) is 0 Å². The van der Waals surface area contributed by atoms with Gasteiger partial charge in [-0.3, -0.25) is 4.79 Å². The average Bonchev–Trinajstić information content (AvgIpc) is 2.67. The molecule has 0 unspecified atom stereocenters. The first-order valence-electron chi connectivity index (χ1n) is 8.95. The zero-order valence-electron chi connectivity index (χ0n) is 15.8. The molecule has 0 aromatic heterocycles. The summed E-state index contributed by atoms with van der Waals surface area (Å²) in [5, 5.41) is 5.32. The molecule has 5 nitrogen and oxygen atoms in total. The third-order valence-corrected chi connectivity index (χ3v) is 4.44. The molecular weight excluding hydrogens is 347 g/mol. The van der Waals surface area contributed by atoms with Gasteiger partial charge in [-0.05, 0) is 36.1 Å². The smallest absolute Gasteiger partial charge is 0.408 e. The Balaban J connectivity index is 2.02. The number of amides is 2. The SMILES string of the molecule is CC[C@H](C)[C@H](NC(=O)OCc1ccccc1)C(=O)Nc1cc(F)ccc1C. The Morgan fingerprint density at radius 1 is 1.15 bits per heavy atom. The molecule has 6 heteroatoms. The topological polar surface area (TPSA) is 67.4 Å². The fourth-order valence-corrected chi connectivity index (χ4v) is 2.53. The summed E-state index contributed by atoms with van der Waals surface area (Å²) in [6.45, 7) is 5.68. The van der Waals surface area contributed by atoms with Crippen molar-refractivity contribution in [3.05, 3.63) is 65.5 Å². The van der Waals surface area contributed by atoms with Crippen molar-refractivity contribution in [1.29, 1.82) is 0 Å². The molecule has 2 N–H and O–H groups in total. The number of ether oxygens (including phenoxy) is 1. The Bertz CT molecular complexity index is 780. The number of anilines is 1. The molecule has 0 bridgehead atoms. The van der Waals surface area contributed by atoms with Crippen molar-refractivity contribution in [3.8, 4) is 0 Å². The Morgan fingerprint density at radius 2 is 1.85 bits per heavy atom. The monoisotopic (exact) mass is 372 g/mol. The van der Waals surface area contributed by atoms with Crippen LogP contribution in [0.3, 0.4) is 0 Å². The summed E-state index contributed by atoms with van der Waals surface area (Å²) < 4.78 is 18.7. The Kier molecular flexibility index (Phi) is 7.34. The molecule has 0 saturated carbocycles. The first-order valence-corrected chi connectivity index (χ1v) is 8.95. The third-order valence-electron chi connectivity index (χ3n) is 4.44. The Labute approximate surface area is 158 Å². The summed E-state index contributed by atoms with van der Waals surface area (Å²) in [6.07, 6.45) is 0.00870. The van der Waals surface area contributed by atoms with Crippen molar-refractivity contribution >= 4 is 17.7 Å². The maximum absolute atomic E-state index is 13.5. The predicted molar refractivity (Wildman–Crippen MR) is 103 cm³/mol. The van der Waals surface area contributed by atoms with E-state index in [1.165, 1.54) is 12.1 Å². The van der Waals surface area contributed by atoms with Gasteiger partial charge < -0.3 is 15.4 Å². The van der Waals surface area contributed by atoms with Gasteiger partial charge in [-0.25, -0.2) is 9.18 Å². The minimum atomic E-state index is -0.791.